The summed E-state index contributed by atoms with van der Waals surface area (Å²) in [4.78, 5) is 11.2. The van der Waals surface area contributed by atoms with Crippen LogP contribution in [0.5, 0.6) is 0 Å². The lowest BCUT2D eigenvalue weighted by molar-refractivity contribution is -0.118. The molecule has 5 nitrogen and oxygen atoms in total. The van der Waals surface area contributed by atoms with E-state index in [1.165, 1.54) is 9.88 Å². The second kappa shape index (κ2) is 31.8. The van der Waals surface area contributed by atoms with E-state index >= 15 is 0 Å². The molecule has 0 heterocycles. The van der Waals surface area contributed by atoms with Crippen LogP contribution in [0.3, 0.4) is 0 Å². The summed E-state index contributed by atoms with van der Waals surface area (Å²) in [6.45, 7) is 22.8. The average molecular weight is 529 g/mol. The molecule has 1 amide bonds. The van der Waals surface area contributed by atoms with Gasteiger partial charge in [0.15, 0.2) is 0 Å². The SMILES string of the molecule is C#C.C/C=C(\C)OC.CC.CC(C)C.CC=C(C)C.CCN(CC(N)=O)S(=O)c1c#cc(Cl)cc1. The van der Waals surface area contributed by atoms with Crippen molar-refractivity contribution in [1.82, 2.24) is 4.31 Å². The Morgan fingerprint density at radius 1 is 1.14 bits per heavy atom. The van der Waals surface area contributed by atoms with Crippen molar-refractivity contribution >= 4 is 28.5 Å². The number of terminal acetylenes is 1. The summed E-state index contributed by atoms with van der Waals surface area (Å²) < 4.78 is 18.2. The molecule has 0 aliphatic heterocycles. The van der Waals surface area contributed by atoms with Gasteiger partial charge in [-0.05, 0) is 64.8 Å². The molecule has 0 aromatic heterocycles. The van der Waals surface area contributed by atoms with Gasteiger partial charge in [-0.1, -0.05) is 70.9 Å². The lowest BCUT2D eigenvalue weighted by Gasteiger charge is -2.16. The van der Waals surface area contributed by atoms with E-state index in [4.69, 9.17) is 22.1 Å². The van der Waals surface area contributed by atoms with Gasteiger partial charge in [-0.2, -0.15) is 0 Å². The van der Waals surface area contributed by atoms with E-state index in [1.54, 1.807) is 26.2 Å². The number of likely N-dealkylation sites (N-methyl/N-ethyl adjacent to an activating group) is 1. The number of nitrogens with two attached hydrogens (primary N) is 1. The molecule has 0 spiro atoms. The zero-order valence-electron chi connectivity index (χ0n) is 24.0. The molecule has 0 aliphatic rings. The van der Waals surface area contributed by atoms with Crippen molar-refractivity contribution in [3.63, 3.8) is 0 Å². The Balaban J connectivity index is -0.000000131. The lowest BCUT2D eigenvalue weighted by Crippen LogP contribution is -2.34. The Morgan fingerprint density at radius 2 is 1.57 bits per heavy atom. The van der Waals surface area contributed by atoms with E-state index in [0.29, 0.717) is 16.5 Å². The molecule has 1 aromatic rings. The van der Waals surface area contributed by atoms with Crippen molar-refractivity contribution in [2.45, 2.75) is 81.1 Å². The highest BCUT2D eigenvalue weighted by Gasteiger charge is 2.15. The lowest BCUT2D eigenvalue weighted by atomic mass is 10.3. The highest BCUT2D eigenvalue weighted by molar-refractivity contribution is 7.82. The number of allylic oxidation sites excluding steroid dienone is 4. The van der Waals surface area contributed by atoms with E-state index in [2.05, 4.69) is 65.7 Å². The first-order chi connectivity index (χ1) is 16.4. The third kappa shape index (κ3) is 36.5. The summed E-state index contributed by atoms with van der Waals surface area (Å²) >= 11 is 5.64. The highest BCUT2D eigenvalue weighted by Crippen LogP contribution is 2.10. The monoisotopic (exact) mass is 528 g/mol. The van der Waals surface area contributed by atoms with Crippen molar-refractivity contribution in [2.75, 3.05) is 20.2 Å². The number of ether oxygens (including phenoxy) is 1. The minimum Gasteiger partial charge on any atom is -0.502 e. The van der Waals surface area contributed by atoms with Gasteiger partial charge in [-0.3, -0.25) is 4.79 Å². The Kier molecular flexibility index (Phi) is 38.9. The third-order valence-electron chi connectivity index (χ3n) is 3.10. The van der Waals surface area contributed by atoms with Crippen molar-refractivity contribution in [1.29, 1.82) is 0 Å². The minimum absolute atomic E-state index is 0.0560. The number of methoxy groups -OCH3 is 1. The average Bonchev–Trinajstić information content (AvgIpc) is 2.84. The van der Waals surface area contributed by atoms with Gasteiger partial charge in [0.25, 0.3) is 0 Å². The predicted molar refractivity (Wildman–Crippen MR) is 155 cm³/mol. The molecule has 0 radical (unpaired) electrons. The quantitative estimate of drug-likeness (QED) is 0.240. The van der Waals surface area contributed by atoms with Gasteiger partial charge >= 0.3 is 0 Å². The van der Waals surface area contributed by atoms with E-state index in [9.17, 15) is 9.00 Å². The van der Waals surface area contributed by atoms with Crippen LogP contribution >= 0.6 is 11.6 Å². The van der Waals surface area contributed by atoms with Crippen LogP contribution in [0, 0.1) is 30.9 Å². The second-order valence-corrected chi connectivity index (χ2v) is 9.03. The first kappa shape index (κ1) is 42.9. The van der Waals surface area contributed by atoms with Crippen LogP contribution in [0.15, 0.2) is 40.5 Å². The van der Waals surface area contributed by atoms with E-state index < -0.39 is 16.9 Å². The van der Waals surface area contributed by atoms with Crippen molar-refractivity contribution in [2.24, 2.45) is 11.7 Å². The van der Waals surface area contributed by atoms with Crippen LogP contribution in [-0.4, -0.2) is 34.6 Å². The van der Waals surface area contributed by atoms with Gasteiger partial charge < -0.3 is 10.5 Å². The standard InChI is InChI=1S/C10H11ClN2O2S.C5H10O.C5H10.C4H10.C2H6.C2H2/c1-2-13(7-10(12)14)16(15)9-5-3-8(11)4-6-9;1-4-5(2)6-3;1-4-5(2)3;1-4(2)3;2*1-2/h3,5H,2,7H2,1H3,(H2,12,14);4H,1-3H3;4H,1-3H3;4H,1-3H3;1-2H3;1-2H/b;5-4+;;;;. The summed E-state index contributed by atoms with van der Waals surface area (Å²) in [6, 6.07) is 8.45. The van der Waals surface area contributed by atoms with E-state index in [1.807, 2.05) is 40.7 Å². The van der Waals surface area contributed by atoms with Crippen LogP contribution in [0.25, 0.3) is 0 Å². The number of carbonyl (C=O) groups is 1. The Hall–Kier alpha value is -2.25. The number of primary amides is 1. The first-order valence-corrected chi connectivity index (χ1v) is 13.0. The van der Waals surface area contributed by atoms with Gasteiger partial charge in [-0.25, -0.2) is 8.51 Å². The van der Waals surface area contributed by atoms with Gasteiger partial charge in [-0.15, -0.1) is 12.8 Å². The summed E-state index contributed by atoms with van der Waals surface area (Å²) in [5, 5.41) is 0.402. The number of carbonyl (C=O) groups excluding carboxylic acids is 1. The highest BCUT2D eigenvalue weighted by atomic mass is 35.5. The topological polar surface area (TPSA) is 72.6 Å². The number of hydrogen-bond donors (Lipinski definition) is 1. The number of amides is 1. The normalized spacial score (nSPS) is 9.80. The van der Waals surface area contributed by atoms with E-state index in [0.717, 1.165) is 11.7 Å². The van der Waals surface area contributed by atoms with Gasteiger partial charge in [0.05, 0.1) is 24.4 Å². The number of hydrogen-bond acceptors (Lipinski definition) is 3. The molecule has 2 N–H and O–H groups in total. The molecule has 202 valence electrons. The van der Waals surface area contributed by atoms with Crippen LogP contribution in [0.4, 0.5) is 0 Å². The second-order valence-electron chi connectivity index (χ2n) is 7.17. The zero-order valence-corrected chi connectivity index (χ0v) is 25.6. The smallest absolute Gasteiger partial charge is 0.232 e. The molecule has 0 bridgehead atoms. The maximum Gasteiger partial charge on any atom is 0.232 e. The summed E-state index contributed by atoms with van der Waals surface area (Å²) in [5.41, 5.74) is 6.43. The van der Waals surface area contributed by atoms with Gasteiger partial charge in [0.1, 0.15) is 15.9 Å². The molecule has 0 saturated carbocycles. The molecule has 0 fully saturated rings. The van der Waals surface area contributed by atoms with Crippen molar-refractivity contribution in [3.05, 3.63) is 52.8 Å². The molecule has 1 atom stereocenters. The Morgan fingerprint density at radius 3 is 1.77 bits per heavy atom. The van der Waals surface area contributed by atoms with Crippen molar-refractivity contribution < 1.29 is 13.7 Å². The van der Waals surface area contributed by atoms with Crippen LogP contribution in [0.1, 0.15) is 76.2 Å². The summed E-state index contributed by atoms with van der Waals surface area (Å²) in [6.07, 6.45) is 12.0. The van der Waals surface area contributed by atoms with Gasteiger partial charge in [0, 0.05) is 6.54 Å². The third-order valence-corrected chi connectivity index (χ3v) is 4.79. The molecule has 1 aromatic carbocycles. The summed E-state index contributed by atoms with van der Waals surface area (Å²) in [7, 11) is 0.199. The summed E-state index contributed by atoms with van der Waals surface area (Å²) in [5.74, 6) is 1.28. The molecule has 35 heavy (non-hydrogen) atoms. The maximum atomic E-state index is 12.0. The number of halogens is 1. The fraction of sp³-hybridized carbons (Fsp3) is 0.536. The maximum absolute atomic E-state index is 12.0. The molecular weight excluding hydrogens is 480 g/mol. The number of nitrogens with zero attached hydrogens (tertiary/aromatic N) is 1. The zero-order chi connectivity index (χ0) is 29.0. The molecule has 1 unspecified atom stereocenters. The molecular formula is C28H49ClN2O3S. The van der Waals surface area contributed by atoms with Crippen LogP contribution in [-0.2, 0) is 20.5 Å². The molecule has 1 rings (SSSR count). The fourth-order valence-electron chi connectivity index (χ4n) is 1.17. The molecule has 0 aliphatic carbocycles. The Labute approximate surface area is 224 Å². The van der Waals surface area contributed by atoms with Crippen LogP contribution in [0.2, 0.25) is 5.02 Å². The van der Waals surface area contributed by atoms with Crippen molar-refractivity contribution in [3.8, 4) is 12.8 Å². The minimum atomic E-state index is -1.46. The first-order valence-electron chi connectivity index (χ1n) is 11.5. The van der Waals surface area contributed by atoms with Gasteiger partial charge in [0.2, 0.25) is 5.91 Å². The number of rotatable bonds is 6. The largest absolute Gasteiger partial charge is 0.502 e. The Bertz CT molecular complexity index is 706. The predicted octanol–water partition coefficient (Wildman–Crippen LogP) is 7.24. The fourth-order valence-corrected chi connectivity index (χ4v) is 2.36. The van der Waals surface area contributed by atoms with E-state index in [-0.39, 0.29) is 6.54 Å². The molecule has 0 saturated heterocycles. The van der Waals surface area contributed by atoms with Crippen LogP contribution < -0.4 is 5.73 Å². The molecule has 7 heteroatoms.